The lowest BCUT2D eigenvalue weighted by atomic mass is 10.0. The topological polar surface area (TPSA) is 60.9 Å². The maximum Gasteiger partial charge on any atom is 0.349 e. The van der Waals surface area contributed by atoms with Crippen LogP contribution in [0.5, 0.6) is 0 Å². The van der Waals surface area contributed by atoms with Crippen LogP contribution in [0.3, 0.4) is 0 Å². The van der Waals surface area contributed by atoms with Crippen molar-refractivity contribution in [1.82, 2.24) is 9.55 Å². The zero-order valence-corrected chi connectivity index (χ0v) is 10.7. The molecule has 2 rings (SSSR count). The van der Waals surface area contributed by atoms with E-state index in [0.717, 1.165) is 5.56 Å². The molecule has 1 heterocycles. The molecule has 0 aliphatic rings. The number of nitrogens with zero attached hydrogens (tertiary/aromatic N) is 2. The van der Waals surface area contributed by atoms with E-state index in [1.54, 1.807) is 13.0 Å². The summed E-state index contributed by atoms with van der Waals surface area (Å²) in [5, 5.41) is 0.533. The number of nitrogen functional groups attached to an aromatic ring is 1. The quantitative estimate of drug-likeness (QED) is 0.885. The second-order valence-corrected chi connectivity index (χ2v) is 4.27. The molecule has 5 heteroatoms. The lowest BCUT2D eigenvalue weighted by Gasteiger charge is -2.13. The average molecular weight is 249 g/mol. The second kappa shape index (κ2) is 4.40. The van der Waals surface area contributed by atoms with Crippen molar-refractivity contribution in [3.63, 3.8) is 0 Å². The Morgan fingerprint density at radius 3 is 2.67 bits per heavy atom. The standard InChI is InChI=1S/C13H16FN3O/c1-4-8-6-7(3)9-11(10(8)14)16-13(18)17(5-2)12(9)15/h6H,4-5,15H2,1-3H3. The van der Waals surface area contributed by atoms with E-state index in [1.165, 1.54) is 4.57 Å². The number of hydrogen-bond acceptors (Lipinski definition) is 3. The number of fused-ring (bicyclic) bond motifs is 1. The number of halogens is 1. The zero-order valence-electron chi connectivity index (χ0n) is 10.7. The summed E-state index contributed by atoms with van der Waals surface area (Å²) in [5.74, 6) is -0.156. The Hall–Kier alpha value is -1.91. The van der Waals surface area contributed by atoms with Crippen LogP contribution in [0.4, 0.5) is 10.2 Å². The molecule has 0 unspecified atom stereocenters. The molecule has 0 fully saturated rings. The van der Waals surface area contributed by atoms with Gasteiger partial charge in [-0.3, -0.25) is 4.57 Å². The molecule has 0 saturated heterocycles. The molecule has 0 saturated carbocycles. The summed E-state index contributed by atoms with van der Waals surface area (Å²) in [5.41, 5.74) is 6.92. The molecule has 4 nitrogen and oxygen atoms in total. The molecule has 2 aromatic rings. The number of aromatic nitrogens is 2. The van der Waals surface area contributed by atoms with E-state index in [4.69, 9.17) is 5.73 Å². The van der Waals surface area contributed by atoms with Gasteiger partial charge in [-0.2, -0.15) is 4.98 Å². The summed E-state index contributed by atoms with van der Waals surface area (Å²) in [6, 6.07) is 1.76. The van der Waals surface area contributed by atoms with Gasteiger partial charge in [0.25, 0.3) is 0 Å². The number of benzene rings is 1. The summed E-state index contributed by atoms with van der Waals surface area (Å²) < 4.78 is 15.5. The van der Waals surface area contributed by atoms with Crippen LogP contribution in [0.15, 0.2) is 10.9 Å². The van der Waals surface area contributed by atoms with Crippen LogP contribution in [0, 0.1) is 12.7 Å². The Labute approximate surface area is 104 Å². The average Bonchev–Trinajstić information content (AvgIpc) is 2.33. The molecule has 1 aromatic heterocycles. The van der Waals surface area contributed by atoms with Crippen molar-refractivity contribution in [3.05, 3.63) is 33.5 Å². The van der Waals surface area contributed by atoms with Gasteiger partial charge < -0.3 is 5.73 Å². The largest absolute Gasteiger partial charge is 0.384 e. The van der Waals surface area contributed by atoms with E-state index in [-0.39, 0.29) is 11.3 Å². The summed E-state index contributed by atoms with van der Waals surface area (Å²) in [7, 11) is 0. The van der Waals surface area contributed by atoms with Gasteiger partial charge in [0, 0.05) is 11.9 Å². The minimum Gasteiger partial charge on any atom is -0.384 e. The molecule has 0 atom stereocenters. The number of nitrogens with two attached hydrogens (primary N) is 1. The first-order valence-electron chi connectivity index (χ1n) is 5.99. The highest BCUT2D eigenvalue weighted by Gasteiger charge is 2.16. The molecule has 0 amide bonds. The van der Waals surface area contributed by atoms with Gasteiger partial charge in [0.2, 0.25) is 0 Å². The smallest absolute Gasteiger partial charge is 0.349 e. The van der Waals surface area contributed by atoms with Crippen LogP contribution < -0.4 is 11.4 Å². The Morgan fingerprint density at radius 1 is 1.44 bits per heavy atom. The highest BCUT2D eigenvalue weighted by Crippen LogP contribution is 2.26. The minimum absolute atomic E-state index is 0.0825. The van der Waals surface area contributed by atoms with Crippen LogP contribution in [-0.2, 0) is 13.0 Å². The first kappa shape index (κ1) is 12.5. The maximum atomic E-state index is 14.2. The predicted octanol–water partition coefficient (Wildman–Crippen LogP) is 2.01. The first-order chi connectivity index (χ1) is 8.51. The van der Waals surface area contributed by atoms with Crippen molar-refractivity contribution in [2.75, 3.05) is 5.73 Å². The van der Waals surface area contributed by atoms with E-state index in [0.29, 0.717) is 23.9 Å². The van der Waals surface area contributed by atoms with E-state index < -0.39 is 11.5 Å². The normalized spacial score (nSPS) is 11.1. The number of anilines is 1. The zero-order chi connectivity index (χ0) is 13.4. The van der Waals surface area contributed by atoms with Gasteiger partial charge in [-0.15, -0.1) is 0 Å². The lowest BCUT2D eigenvalue weighted by Crippen LogP contribution is -2.25. The molecule has 0 radical (unpaired) electrons. The van der Waals surface area contributed by atoms with Crippen LogP contribution in [0.1, 0.15) is 25.0 Å². The van der Waals surface area contributed by atoms with Crippen LogP contribution in [0.2, 0.25) is 0 Å². The van der Waals surface area contributed by atoms with Crippen molar-refractivity contribution < 1.29 is 4.39 Å². The maximum absolute atomic E-state index is 14.2. The van der Waals surface area contributed by atoms with Crippen molar-refractivity contribution >= 4 is 16.7 Å². The highest BCUT2D eigenvalue weighted by atomic mass is 19.1. The van der Waals surface area contributed by atoms with Gasteiger partial charge in [0.1, 0.15) is 11.3 Å². The van der Waals surface area contributed by atoms with Crippen LogP contribution in [0.25, 0.3) is 10.9 Å². The third-order valence-electron chi connectivity index (χ3n) is 3.19. The fourth-order valence-corrected chi connectivity index (χ4v) is 2.23. The van der Waals surface area contributed by atoms with E-state index in [9.17, 15) is 9.18 Å². The third kappa shape index (κ3) is 1.66. The SMILES string of the molecule is CCc1cc(C)c2c(N)n(CC)c(=O)nc2c1F. The number of rotatable bonds is 2. The molecule has 0 spiro atoms. The van der Waals surface area contributed by atoms with Gasteiger partial charge >= 0.3 is 5.69 Å². The van der Waals surface area contributed by atoms with E-state index >= 15 is 0 Å². The van der Waals surface area contributed by atoms with Crippen LogP contribution >= 0.6 is 0 Å². The molecule has 1 aromatic carbocycles. The number of hydrogen-bond donors (Lipinski definition) is 1. The molecular formula is C13H16FN3O. The van der Waals surface area contributed by atoms with Crippen LogP contribution in [-0.4, -0.2) is 9.55 Å². The van der Waals surface area contributed by atoms with Gasteiger partial charge in [-0.25, -0.2) is 9.18 Å². The van der Waals surface area contributed by atoms with Gasteiger partial charge in [0.05, 0.1) is 0 Å². The molecule has 0 aliphatic heterocycles. The van der Waals surface area contributed by atoms with Gasteiger partial charge in [-0.1, -0.05) is 13.0 Å². The lowest BCUT2D eigenvalue weighted by molar-refractivity contribution is 0.617. The number of aryl methyl sites for hydroxylation is 2. The first-order valence-corrected chi connectivity index (χ1v) is 5.99. The molecule has 18 heavy (non-hydrogen) atoms. The third-order valence-corrected chi connectivity index (χ3v) is 3.19. The Balaban J connectivity index is 3.01. The molecule has 96 valence electrons. The second-order valence-electron chi connectivity index (χ2n) is 4.27. The Kier molecular flexibility index (Phi) is 3.07. The summed E-state index contributed by atoms with van der Waals surface area (Å²) in [4.78, 5) is 15.6. The predicted molar refractivity (Wildman–Crippen MR) is 70.2 cm³/mol. The summed E-state index contributed by atoms with van der Waals surface area (Å²) in [6.07, 6.45) is 0.557. The molecule has 0 bridgehead atoms. The van der Waals surface area contributed by atoms with E-state index in [1.807, 2.05) is 13.8 Å². The fourth-order valence-electron chi connectivity index (χ4n) is 2.23. The van der Waals surface area contributed by atoms with Crippen molar-refractivity contribution in [3.8, 4) is 0 Å². The van der Waals surface area contributed by atoms with Crippen molar-refractivity contribution in [2.24, 2.45) is 0 Å². The Morgan fingerprint density at radius 2 is 2.11 bits per heavy atom. The fraction of sp³-hybridized carbons (Fsp3) is 0.385. The summed E-state index contributed by atoms with van der Waals surface area (Å²) >= 11 is 0. The van der Waals surface area contributed by atoms with Crippen molar-refractivity contribution in [2.45, 2.75) is 33.7 Å². The molecule has 2 N–H and O–H groups in total. The Bertz CT molecular complexity index is 676. The van der Waals surface area contributed by atoms with Gasteiger partial charge in [-0.05, 0) is 31.4 Å². The molecular weight excluding hydrogens is 233 g/mol. The minimum atomic E-state index is -0.506. The molecule has 0 aliphatic carbocycles. The summed E-state index contributed by atoms with van der Waals surface area (Å²) in [6.45, 7) is 5.94. The highest BCUT2D eigenvalue weighted by molar-refractivity contribution is 5.92. The van der Waals surface area contributed by atoms with Gasteiger partial charge in [0.15, 0.2) is 5.82 Å². The van der Waals surface area contributed by atoms with E-state index in [2.05, 4.69) is 4.98 Å². The van der Waals surface area contributed by atoms with Crippen molar-refractivity contribution in [1.29, 1.82) is 0 Å². The monoisotopic (exact) mass is 249 g/mol.